The maximum atomic E-state index is 12.7. The molecule has 0 saturated heterocycles. The zero-order valence-electron chi connectivity index (χ0n) is 13.9. The fraction of sp³-hybridized carbons (Fsp3) is 0.368. The van der Waals surface area contributed by atoms with Gasteiger partial charge in [0.05, 0.1) is 11.1 Å². The van der Waals surface area contributed by atoms with E-state index in [9.17, 15) is 10.1 Å². The van der Waals surface area contributed by atoms with E-state index in [4.69, 9.17) is 0 Å². The van der Waals surface area contributed by atoms with Crippen LogP contribution in [0.1, 0.15) is 46.6 Å². The summed E-state index contributed by atoms with van der Waals surface area (Å²) in [6.45, 7) is 4.31. The molecule has 0 bridgehead atoms. The summed E-state index contributed by atoms with van der Waals surface area (Å²) < 4.78 is 0. The summed E-state index contributed by atoms with van der Waals surface area (Å²) >= 11 is 3.23. The number of hydrogen-bond donors (Lipinski definition) is 1. The first-order chi connectivity index (χ1) is 11.6. The Kier molecular flexibility index (Phi) is 5.27. The number of thiophene rings is 1. The van der Waals surface area contributed by atoms with Gasteiger partial charge in [-0.3, -0.25) is 4.79 Å². The van der Waals surface area contributed by atoms with Gasteiger partial charge in [-0.25, -0.2) is 0 Å². The number of fused-ring (bicyclic) bond motifs is 1. The van der Waals surface area contributed by atoms with Gasteiger partial charge in [-0.15, -0.1) is 23.1 Å². The Balaban J connectivity index is 1.89. The minimum absolute atomic E-state index is 0.130. The molecule has 0 spiro atoms. The Bertz CT molecular complexity index is 804. The van der Waals surface area contributed by atoms with Crippen molar-refractivity contribution in [2.24, 2.45) is 5.92 Å². The number of nitrogens with one attached hydrogen (secondary N) is 1. The third-order valence-corrected chi connectivity index (χ3v) is 6.41. The quantitative estimate of drug-likeness (QED) is 0.775. The maximum Gasteiger partial charge on any atom is 0.257 e. The van der Waals surface area contributed by atoms with Crippen molar-refractivity contribution in [3.05, 3.63) is 45.8 Å². The van der Waals surface area contributed by atoms with Gasteiger partial charge in [0, 0.05) is 9.77 Å². The van der Waals surface area contributed by atoms with Crippen LogP contribution in [-0.4, -0.2) is 11.7 Å². The molecular weight excluding hydrogens is 336 g/mol. The largest absolute Gasteiger partial charge is 0.312 e. The Morgan fingerprint density at radius 3 is 3.00 bits per heavy atom. The van der Waals surface area contributed by atoms with E-state index < -0.39 is 0 Å². The van der Waals surface area contributed by atoms with Gasteiger partial charge in [0.15, 0.2) is 0 Å². The molecule has 1 aliphatic rings. The zero-order chi connectivity index (χ0) is 17.1. The summed E-state index contributed by atoms with van der Waals surface area (Å²) in [5.41, 5.74) is 2.48. The lowest BCUT2D eigenvalue weighted by atomic mass is 9.88. The van der Waals surface area contributed by atoms with Crippen molar-refractivity contribution in [3.8, 4) is 6.07 Å². The minimum atomic E-state index is -0.130. The second kappa shape index (κ2) is 7.42. The normalized spacial score (nSPS) is 16.3. The van der Waals surface area contributed by atoms with Gasteiger partial charge in [0.25, 0.3) is 5.91 Å². The van der Waals surface area contributed by atoms with Crippen molar-refractivity contribution in [1.82, 2.24) is 0 Å². The molecular formula is C19H20N2OS2. The molecule has 1 aromatic carbocycles. The van der Waals surface area contributed by atoms with E-state index in [1.165, 1.54) is 4.88 Å². The van der Waals surface area contributed by atoms with Crippen LogP contribution in [0.2, 0.25) is 0 Å². The molecule has 0 fully saturated rings. The summed E-state index contributed by atoms with van der Waals surface area (Å²) in [5, 5.41) is 13.3. The van der Waals surface area contributed by atoms with Crippen molar-refractivity contribution in [1.29, 1.82) is 5.26 Å². The Morgan fingerprint density at radius 1 is 1.46 bits per heavy atom. The van der Waals surface area contributed by atoms with Crippen LogP contribution in [-0.2, 0) is 12.8 Å². The number of amides is 1. The van der Waals surface area contributed by atoms with Crippen molar-refractivity contribution >= 4 is 34.0 Å². The molecule has 1 aliphatic carbocycles. The Hall–Kier alpha value is -1.77. The molecule has 1 atom stereocenters. The molecule has 1 N–H and O–H groups in total. The lowest BCUT2D eigenvalue weighted by Gasteiger charge is -2.17. The summed E-state index contributed by atoms with van der Waals surface area (Å²) in [7, 11) is 0. The van der Waals surface area contributed by atoms with Crippen molar-refractivity contribution in [2.45, 2.75) is 38.0 Å². The van der Waals surface area contributed by atoms with Crippen molar-refractivity contribution in [3.63, 3.8) is 0 Å². The number of nitriles is 1. The standard InChI is InChI=1S/C19H20N2OS2/c1-3-23-16-7-5-4-6-14(16)18(22)21-19-15(11-20)13-9-8-12(2)10-17(13)24-19/h4-7,12H,3,8-10H2,1-2H3,(H,21,22)/t12-/m0/s1. The van der Waals surface area contributed by atoms with Crippen LogP contribution in [0.25, 0.3) is 0 Å². The highest BCUT2D eigenvalue weighted by molar-refractivity contribution is 7.99. The number of carbonyl (C=O) groups is 1. The van der Waals surface area contributed by atoms with Crippen LogP contribution in [0.4, 0.5) is 5.00 Å². The number of carbonyl (C=O) groups excluding carboxylic acids is 1. The molecule has 124 valence electrons. The number of nitrogens with zero attached hydrogens (tertiary/aromatic N) is 1. The molecule has 1 heterocycles. The average molecular weight is 357 g/mol. The minimum Gasteiger partial charge on any atom is -0.312 e. The first-order valence-electron chi connectivity index (χ1n) is 8.21. The Morgan fingerprint density at radius 2 is 2.25 bits per heavy atom. The molecule has 1 amide bonds. The fourth-order valence-corrected chi connectivity index (χ4v) is 5.22. The third kappa shape index (κ3) is 3.35. The summed E-state index contributed by atoms with van der Waals surface area (Å²) in [6.07, 6.45) is 3.06. The number of anilines is 1. The molecule has 0 saturated carbocycles. The van der Waals surface area contributed by atoms with E-state index in [2.05, 4.69) is 25.2 Å². The summed E-state index contributed by atoms with van der Waals surface area (Å²) in [6, 6.07) is 9.94. The average Bonchev–Trinajstić information content (AvgIpc) is 2.91. The highest BCUT2D eigenvalue weighted by Gasteiger charge is 2.25. The van der Waals surface area contributed by atoms with Crippen LogP contribution in [0.5, 0.6) is 0 Å². The van der Waals surface area contributed by atoms with Crippen molar-refractivity contribution < 1.29 is 4.79 Å². The molecule has 0 unspecified atom stereocenters. The zero-order valence-corrected chi connectivity index (χ0v) is 15.5. The molecule has 5 heteroatoms. The second-order valence-electron chi connectivity index (χ2n) is 6.05. The number of hydrogen-bond acceptors (Lipinski definition) is 4. The maximum absolute atomic E-state index is 12.7. The summed E-state index contributed by atoms with van der Waals surface area (Å²) in [5.74, 6) is 1.43. The number of thioether (sulfide) groups is 1. The van der Waals surface area contributed by atoms with E-state index in [1.807, 2.05) is 24.3 Å². The smallest absolute Gasteiger partial charge is 0.257 e. The molecule has 3 rings (SSSR count). The van der Waals surface area contributed by atoms with E-state index >= 15 is 0 Å². The van der Waals surface area contributed by atoms with Gasteiger partial charge in [0.1, 0.15) is 11.1 Å². The lowest BCUT2D eigenvalue weighted by molar-refractivity contribution is 0.102. The van der Waals surface area contributed by atoms with Crippen LogP contribution in [0, 0.1) is 17.2 Å². The number of benzene rings is 1. The van der Waals surface area contributed by atoms with E-state index in [0.29, 0.717) is 22.0 Å². The topological polar surface area (TPSA) is 52.9 Å². The van der Waals surface area contributed by atoms with Crippen LogP contribution in [0.3, 0.4) is 0 Å². The van der Waals surface area contributed by atoms with Gasteiger partial charge in [-0.1, -0.05) is 26.0 Å². The number of rotatable bonds is 4. The highest BCUT2D eigenvalue weighted by Crippen LogP contribution is 2.39. The van der Waals surface area contributed by atoms with Gasteiger partial charge in [0.2, 0.25) is 0 Å². The molecule has 0 radical (unpaired) electrons. The predicted octanol–water partition coefficient (Wildman–Crippen LogP) is 5.11. The van der Waals surface area contributed by atoms with E-state index in [-0.39, 0.29) is 5.91 Å². The van der Waals surface area contributed by atoms with Gasteiger partial charge in [-0.05, 0) is 48.6 Å². The van der Waals surface area contributed by atoms with Gasteiger partial charge < -0.3 is 5.32 Å². The van der Waals surface area contributed by atoms with Crippen molar-refractivity contribution in [2.75, 3.05) is 11.1 Å². The van der Waals surface area contributed by atoms with Crippen LogP contribution < -0.4 is 5.32 Å². The molecule has 3 nitrogen and oxygen atoms in total. The highest BCUT2D eigenvalue weighted by atomic mass is 32.2. The monoisotopic (exact) mass is 356 g/mol. The van der Waals surface area contributed by atoms with Gasteiger partial charge >= 0.3 is 0 Å². The third-order valence-electron chi connectivity index (χ3n) is 4.28. The Labute approximate surface area is 151 Å². The van der Waals surface area contributed by atoms with E-state index in [1.54, 1.807) is 23.1 Å². The molecule has 1 aromatic heterocycles. The summed E-state index contributed by atoms with van der Waals surface area (Å²) in [4.78, 5) is 15.0. The first-order valence-corrected chi connectivity index (χ1v) is 10.0. The van der Waals surface area contributed by atoms with E-state index in [0.717, 1.165) is 35.5 Å². The fourth-order valence-electron chi connectivity index (χ4n) is 3.06. The lowest BCUT2D eigenvalue weighted by Crippen LogP contribution is -2.13. The molecule has 0 aliphatic heterocycles. The van der Waals surface area contributed by atoms with Crippen LogP contribution >= 0.6 is 23.1 Å². The SMILES string of the molecule is CCSc1ccccc1C(=O)Nc1sc2c(c1C#N)CC[C@H](C)C2. The predicted molar refractivity (Wildman–Crippen MR) is 101 cm³/mol. The second-order valence-corrected chi connectivity index (χ2v) is 8.46. The van der Waals surface area contributed by atoms with Gasteiger partial charge in [-0.2, -0.15) is 5.26 Å². The molecule has 2 aromatic rings. The first kappa shape index (κ1) is 17.1. The molecule has 24 heavy (non-hydrogen) atoms. The van der Waals surface area contributed by atoms with Crippen LogP contribution in [0.15, 0.2) is 29.2 Å².